The summed E-state index contributed by atoms with van der Waals surface area (Å²) in [5, 5.41) is 18.8. The number of nitrogens with zero attached hydrogens (tertiary/aromatic N) is 4. The summed E-state index contributed by atoms with van der Waals surface area (Å²) in [4.78, 5) is 22.4. The Morgan fingerprint density at radius 2 is 2.17 bits per heavy atom. The number of nitrogens with one attached hydrogen (secondary N) is 1. The molecule has 1 amide bonds. The molecule has 126 valence electrons. The molecular weight excluding hydrogens is 314 g/mol. The molecular formula is C15H17N5O4. The Morgan fingerprint density at radius 3 is 2.79 bits per heavy atom. The second-order valence-electron chi connectivity index (χ2n) is 4.97. The molecule has 1 aromatic heterocycles. The molecule has 0 fully saturated rings. The van der Waals surface area contributed by atoms with Gasteiger partial charge in [0.25, 0.3) is 5.91 Å². The zero-order chi connectivity index (χ0) is 17.7. The second kappa shape index (κ2) is 7.36. The zero-order valence-corrected chi connectivity index (χ0v) is 13.5. The first-order valence-electron chi connectivity index (χ1n) is 7.07. The van der Waals surface area contributed by atoms with Gasteiger partial charge in [-0.05, 0) is 26.0 Å². The Morgan fingerprint density at radius 1 is 1.46 bits per heavy atom. The van der Waals surface area contributed by atoms with Crippen molar-refractivity contribution in [1.29, 1.82) is 0 Å². The van der Waals surface area contributed by atoms with Crippen LogP contribution < -0.4 is 10.2 Å². The van der Waals surface area contributed by atoms with E-state index in [2.05, 4.69) is 15.6 Å². The summed E-state index contributed by atoms with van der Waals surface area (Å²) in [5.74, 6) is 0.186. The topological polar surface area (TPSA) is 112 Å². The van der Waals surface area contributed by atoms with Crippen LogP contribution in [0.25, 0.3) is 0 Å². The molecule has 24 heavy (non-hydrogen) atoms. The van der Waals surface area contributed by atoms with Gasteiger partial charge in [0.1, 0.15) is 23.7 Å². The van der Waals surface area contributed by atoms with Crippen molar-refractivity contribution in [3.63, 3.8) is 0 Å². The van der Waals surface area contributed by atoms with E-state index >= 15 is 0 Å². The van der Waals surface area contributed by atoms with Crippen molar-refractivity contribution in [2.75, 3.05) is 7.11 Å². The Bertz CT molecular complexity index is 797. The van der Waals surface area contributed by atoms with Gasteiger partial charge >= 0.3 is 5.69 Å². The third-order valence-corrected chi connectivity index (χ3v) is 3.35. The van der Waals surface area contributed by atoms with Gasteiger partial charge in [0.05, 0.1) is 18.2 Å². The number of para-hydroxylation sites is 1. The number of hydrogen-bond donors (Lipinski definition) is 1. The number of hydrazone groups is 1. The lowest BCUT2D eigenvalue weighted by Crippen LogP contribution is -2.24. The lowest BCUT2D eigenvalue weighted by Gasteiger charge is -2.04. The minimum Gasteiger partial charge on any atom is -0.496 e. The molecule has 0 saturated heterocycles. The monoisotopic (exact) mass is 331 g/mol. The van der Waals surface area contributed by atoms with E-state index in [1.165, 1.54) is 17.8 Å². The van der Waals surface area contributed by atoms with E-state index in [0.717, 1.165) is 0 Å². The molecule has 0 spiro atoms. The fraction of sp³-hybridized carbons (Fsp3) is 0.267. The number of aryl methyl sites for hydroxylation is 1. The van der Waals surface area contributed by atoms with Crippen molar-refractivity contribution in [1.82, 2.24) is 15.2 Å². The van der Waals surface area contributed by atoms with E-state index in [1.54, 1.807) is 26.2 Å². The van der Waals surface area contributed by atoms with Crippen LogP contribution in [0, 0.1) is 24.0 Å². The number of carbonyl (C=O) groups is 1. The van der Waals surface area contributed by atoms with Crippen LogP contribution >= 0.6 is 0 Å². The predicted molar refractivity (Wildman–Crippen MR) is 87.1 cm³/mol. The van der Waals surface area contributed by atoms with E-state index in [0.29, 0.717) is 17.0 Å². The SMILES string of the molecule is COc1ccccc1C=NNC(=O)Cn1nc(C)c([N+](=O)[O-])c1C. The third kappa shape index (κ3) is 3.75. The largest absolute Gasteiger partial charge is 0.496 e. The van der Waals surface area contributed by atoms with Crippen LogP contribution in [0.15, 0.2) is 29.4 Å². The molecule has 0 aliphatic rings. The number of nitro groups is 1. The first-order chi connectivity index (χ1) is 11.4. The molecule has 9 nitrogen and oxygen atoms in total. The average Bonchev–Trinajstić information content (AvgIpc) is 2.81. The normalized spacial score (nSPS) is 10.8. The van der Waals surface area contributed by atoms with Crippen molar-refractivity contribution >= 4 is 17.8 Å². The van der Waals surface area contributed by atoms with E-state index in [1.807, 2.05) is 12.1 Å². The van der Waals surface area contributed by atoms with Gasteiger partial charge in [-0.1, -0.05) is 12.1 Å². The van der Waals surface area contributed by atoms with Crippen molar-refractivity contribution in [3.8, 4) is 5.75 Å². The number of hydrogen-bond acceptors (Lipinski definition) is 6. The van der Waals surface area contributed by atoms with Crippen LogP contribution in [0.5, 0.6) is 5.75 Å². The fourth-order valence-corrected chi connectivity index (χ4v) is 2.22. The van der Waals surface area contributed by atoms with Gasteiger partial charge in [0, 0.05) is 5.56 Å². The van der Waals surface area contributed by atoms with Crippen molar-refractivity contribution in [3.05, 3.63) is 51.3 Å². The van der Waals surface area contributed by atoms with Crippen LogP contribution in [0.1, 0.15) is 17.0 Å². The quantitative estimate of drug-likeness (QED) is 0.490. The van der Waals surface area contributed by atoms with Crippen LogP contribution in [-0.4, -0.2) is 33.9 Å². The maximum atomic E-state index is 11.9. The van der Waals surface area contributed by atoms with Gasteiger partial charge in [-0.2, -0.15) is 10.2 Å². The van der Waals surface area contributed by atoms with Gasteiger partial charge in [-0.15, -0.1) is 0 Å². The number of carbonyl (C=O) groups excluding carboxylic acids is 1. The number of methoxy groups -OCH3 is 1. The zero-order valence-electron chi connectivity index (χ0n) is 13.5. The lowest BCUT2D eigenvalue weighted by atomic mass is 10.2. The van der Waals surface area contributed by atoms with Gasteiger partial charge < -0.3 is 4.74 Å². The number of benzene rings is 1. The summed E-state index contributed by atoms with van der Waals surface area (Å²) < 4.78 is 6.45. The summed E-state index contributed by atoms with van der Waals surface area (Å²) in [6, 6.07) is 7.21. The highest BCUT2D eigenvalue weighted by atomic mass is 16.6. The van der Waals surface area contributed by atoms with Crippen LogP contribution in [-0.2, 0) is 11.3 Å². The molecule has 1 N–H and O–H groups in total. The van der Waals surface area contributed by atoms with Gasteiger partial charge in [-0.3, -0.25) is 19.6 Å². The molecule has 0 saturated carbocycles. The standard InChI is InChI=1S/C15H17N5O4/c1-10-15(20(22)23)11(2)19(18-10)9-14(21)17-16-8-12-6-4-5-7-13(12)24-3/h4-8H,9H2,1-3H3,(H,17,21). The molecule has 2 aromatic rings. The first kappa shape index (κ1) is 17.1. The molecule has 0 bridgehead atoms. The molecule has 0 radical (unpaired) electrons. The lowest BCUT2D eigenvalue weighted by molar-refractivity contribution is -0.386. The minimum atomic E-state index is -0.508. The Hall–Kier alpha value is -3.23. The molecule has 1 aromatic carbocycles. The number of ether oxygens (including phenoxy) is 1. The fourth-order valence-electron chi connectivity index (χ4n) is 2.22. The Labute approximate surface area is 138 Å². The van der Waals surface area contributed by atoms with Crippen LogP contribution in [0.2, 0.25) is 0 Å². The summed E-state index contributed by atoms with van der Waals surface area (Å²) in [5.41, 5.74) is 3.57. The molecule has 0 aliphatic heterocycles. The van der Waals surface area contributed by atoms with Gasteiger partial charge in [0.2, 0.25) is 0 Å². The highest BCUT2D eigenvalue weighted by molar-refractivity contribution is 5.85. The minimum absolute atomic E-state index is 0.0830. The predicted octanol–water partition coefficient (Wildman–Crippen LogP) is 1.57. The summed E-state index contributed by atoms with van der Waals surface area (Å²) in [6.07, 6.45) is 1.46. The van der Waals surface area contributed by atoms with Crippen LogP contribution in [0.3, 0.4) is 0 Å². The summed E-state index contributed by atoms with van der Waals surface area (Å²) in [7, 11) is 1.54. The summed E-state index contributed by atoms with van der Waals surface area (Å²) >= 11 is 0. The highest BCUT2D eigenvalue weighted by Gasteiger charge is 2.22. The van der Waals surface area contributed by atoms with Gasteiger partial charge in [0.15, 0.2) is 0 Å². The summed E-state index contributed by atoms with van der Waals surface area (Å²) in [6.45, 7) is 2.91. The van der Waals surface area contributed by atoms with Crippen molar-refractivity contribution in [2.24, 2.45) is 5.10 Å². The van der Waals surface area contributed by atoms with Crippen molar-refractivity contribution < 1.29 is 14.5 Å². The molecule has 9 heteroatoms. The van der Waals surface area contributed by atoms with E-state index in [9.17, 15) is 14.9 Å². The highest BCUT2D eigenvalue weighted by Crippen LogP contribution is 2.21. The third-order valence-electron chi connectivity index (χ3n) is 3.35. The Balaban J connectivity index is 2.03. The first-order valence-corrected chi connectivity index (χ1v) is 7.07. The molecule has 0 aliphatic carbocycles. The molecule has 0 unspecified atom stereocenters. The molecule has 2 rings (SSSR count). The van der Waals surface area contributed by atoms with Crippen molar-refractivity contribution in [2.45, 2.75) is 20.4 Å². The molecule has 1 heterocycles. The second-order valence-corrected chi connectivity index (χ2v) is 4.97. The van der Waals surface area contributed by atoms with Gasteiger partial charge in [-0.25, -0.2) is 5.43 Å². The maximum absolute atomic E-state index is 11.9. The van der Waals surface area contributed by atoms with E-state index < -0.39 is 10.8 Å². The number of rotatable bonds is 6. The smallest absolute Gasteiger partial charge is 0.312 e. The van der Waals surface area contributed by atoms with Crippen LogP contribution in [0.4, 0.5) is 5.69 Å². The maximum Gasteiger partial charge on any atom is 0.312 e. The number of amides is 1. The molecule has 0 atom stereocenters. The Kier molecular flexibility index (Phi) is 5.25. The number of aromatic nitrogens is 2. The van der Waals surface area contributed by atoms with E-state index in [-0.39, 0.29) is 17.9 Å². The van der Waals surface area contributed by atoms with E-state index in [4.69, 9.17) is 4.74 Å². The average molecular weight is 331 g/mol.